The highest BCUT2D eigenvalue weighted by atomic mass is 79.9. The van der Waals surface area contributed by atoms with E-state index in [1.54, 1.807) is 11.9 Å². The number of ether oxygens (including phenoxy) is 1. The second-order valence-corrected chi connectivity index (χ2v) is 8.41. The van der Waals surface area contributed by atoms with E-state index in [9.17, 15) is 4.79 Å². The Morgan fingerprint density at radius 3 is 2.78 bits per heavy atom. The van der Waals surface area contributed by atoms with Gasteiger partial charge in [0, 0.05) is 37.0 Å². The number of amides is 1. The van der Waals surface area contributed by atoms with E-state index in [2.05, 4.69) is 36.5 Å². The van der Waals surface area contributed by atoms with E-state index in [0.717, 1.165) is 15.8 Å². The number of pyridine rings is 1. The summed E-state index contributed by atoms with van der Waals surface area (Å²) in [5.74, 6) is 0.682. The predicted octanol–water partition coefficient (Wildman–Crippen LogP) is 2.38. The predicted molar refractivity (Wildman–Crippen MR) is 108 cm³/mol. The molecule has 1 fully saturated rings. The molecule has 1 saturated heterocycles. The molecule has 3 heterocycles. The third-order valence-corrected chi connectivity index (χ3v) is 4.47. The van der Waals surface area contributed by atoms with Crippen LogP contribution in [0.2, 0.25) is 0 Å². The van der Waals surface area contributed by atoms with Gasteiger partial charge < -0.3 is 24.7 Å². The second kappa shape index (κ2) is 7.75. The summed E-state index contributed by atoms with van der Waals surface area (Å²) in [5.41, 5.74) is 1.33. The maximum absolute atomic E-state index is 12.0. The first kappa shape index (κ1) is 19.5. The topological polar surface area (TPSA) is 83.3 Å². The minimum Gasteiger partial charge on any atom is -0.444 e. The fourth-order valence-electron chi connectivity index (χ4n) is 2.71. The molecule has 1 aliphatic heterocycles. The van der Waals surface area contributed by atoms with E-state index < -0.39 is 5.60 Å². The third kappa shape index (κ3) is 5.12. The van der Waals surface area contributed by atoms with Gasteiger partial charge in [-0.05, 0) is 48.8 Å². The molecule has 0 radical (unpaired) electrons. The SMILES string of the molecule is CN=C(NCc1cn2cc(Br)ccc2n1)NC1CN(C(=O)OC(C)(C)C)C1. The Morgan fingerprint density at radius 2 is 2.11 bits per heavy atom. The van der Waals surface area contributed by atoms with Gasteiger partial charge in [-0.15, -0.1) is 0 Å². The fourth-order valence-corrected chi connectivity index (χ4v) is 3.06. The number of hydrogen-bond donors (Lipinski definition) is 2. The molecule has 0 unspecified atom stereocenters. The molecule has 2 aromatic rings. The summed E-state index contributed by atoms with van der Waals surface area (Å²) in [6.45, 7) is 7.34. The molecule has 0 aromatic carbocycles. The van der Waals surface area contributed by atoms with Crippen LogP contribution in [-0.2, 0) is 11.3 Å². The van der Waals surface area contributed by atoms with Crippen LogP contribution in [0, 0.1) is 0 Å². The molecule has 0 saturated carbocycles. The molecule has 0 bridgehead atoms. The summed E-state index contributed by atoms with van der Waals surface area (Å²) in [6.07, 6.45) is 3.67. The summed E-state index contributed by atoms with van der Waals surface area (Å²) in [4.78, 5) is 22.5. The normalized spacial score (nSPS) is 15.6. The Morgan fingerprint density at radius 1 is 1.37 bits per heavy atom. The van der Waals surface area contributed by atoms with Gasteiger partial charge in [0.1, 0.15) is 11.2 Å². The summed E-state index contributed by atoms with van der Waals surface area (Å²) < 4.78 is 8.34. The second-order valence-electron chi connectivity index (χ2n) is 7.50. The summed E-state index contributed by atoms with van der Waals surface area (Å²) >= 11 is 3.46. The maximum atomic E-state index is 12.0. The number of aromatic nitrogens is 2. The Balaban J connectivity index is 1.47. The van der Waals surface area contributed by atoms with Crippen LogP contribution in [-0.4, -0.2) is 58.1 Å². The monoisotopic (exact) mass is 436 g/mol. The van der Waals surface area contributed by atoms with E-state index >= 15 is 0 Å². The number of nitrogens with zero attached hydrogens (tertiary/aromatic N) is 4. The van der Waals surface area contributed by atoms with Crippen molar-refractivity contribution in [1.82, 2.24) is 24.9 Å². The van der Waals surface area contributed by atoms with Crippen LogP contribution < -0.4 is 10.6 Å². The zero-order chi connectivity index (χ0) is 19.6. The molecule has 2 N–H and O–H groups in total. The maximum Gasteiger partial charge on any atom is 0.410 e. The molecule has 0 spiro atoms. The van der Waals surface area contributed by atoms with E-state index in [4.69, 9.17) is 4.74 Å². The molecule has 146 valence electrons. The van der Waals surface area contributed by atoms with Crippen LogP contribution in [0.15, 0.2) is 34.0 Å². The quantitative estimate of drug-likeness (QED) is 0.569. The van der Waals surface area contributed by atoms with Gasteiger partial charge in [0.15, 0.2) is 5.96 Å². The molecule has 9 heteroatoms. The largest absolute Gasteiger partial charge is 0.444 e. The van der Waals surface area contributed by atoms with Crippen LogP contribution in [0.3, 0.4) is 0 Å². The standard InChI is InChI=1S/C18H25BrN6O2/c1-18(2,3)27-17(26)25-10-14(11-25)23-16(20-4)21-7-13-9-24-8-12(19)5-6-15(24)22-13/h5-6,8-9,14H,7,10-11H2,1-4H3,(H2,20,21,23). The average molecular weight is 437 g/mol. The highest BCUT2D eigenvalue weighted by molar-refractivity contribution is 9.10. The Bertz CT molecular complexity index is 851. The summed E-state index contributed by atoms with van der Waals surface area (Å²) in [5, 5.41) is 6.57. The van der Waals surface area contributed by atoms with Crippen molar-refractivity contribution in [2.75, 3.05) is 20.1 Å². The minimum absolute atomic E-state index is 0.153. The van der Waals surface area contributed by atoms with Crippen molar-refractivity contribution in [2.24, 2.45) is 4.99 Å². The lowest BCUT2D eigenvalue weighted by molar-refractivity contribution is 0.00701. The summed E-state index contributed by atoms with van der Waals surface area (Å²) in [6, 6.07) is 4.08. The van der Waals surface area contributed by atoms with Crippen LogP contribution in [0.25, 0.3) is 5.65 Å². The van der Waals surface area contributed by atoms with E-state index in [0.29, 0.717) is 25.6 Å². The Kier molecular flexibility index (Phi) is 5.59. The number of hydrogen-bond acceptors (Lipinski definition) is 4. The molecule has 1 amide bonds. The number of carbonyl (C=O) groups is 1. The van der Waals surface area contributed by atoms with Crippen LogP contribution in [0.1, 0.15) is 26.5 Å². The van der Waals surface area contributed by atoms with Crippen LogP contribution in [0.5, 0.6) is 0 Å². The molecule has 0 aliphatic carbocycles. The van der Waals surface area contributed by atoms with E-state index in [-0.39, 0.29) is 12.1 Å². The fraction of sp³-hybridized carbons (Fsp3) is 0.500. The van der Waals surface area contributed by atoms with E-state index in [1.807, 2.05) is 49.7 Å². The lowest BCUT2D eigenvalue weighted by Crippen LogP contribution is -2.63. The number of guanidine groups is 1. The Hall–Kier alpha value is -2.29. The molecule has 0 atom stereocenters. The molecular formula is C18H25BrN6O2. The molecular weight excluding hydrogens is 412 g/mol. The van der Waals surface area contributed by atoms with Gasteiger partial charge in [0.2, 0.25) is 0 Å². The zero-order valence-corrected chi connectivity index (χ0v) is 17.6. The van der Waals surface area contributed by atoms with Crippen LogP contribution in [0.4, 0.5) is 4.79 Å². The van der Waals surface area contributed by atoms with Crippen molar-refractivity contribution in [1.29, 1.82) is 0 Å². The first-order valence-corrected chi connectivity index (χ1v) is 9.61. The smallest absolute Gasteiger partial charge is 0.410 e. The van der Waals surface area contributed by atoms with Crippen molar-refractivity contribution in [2.45, 2.75) is 39.0 Å². The average Bonchev–Trinajstić information content (AvgIpc) is 2.93. The lowest BCUT2D eigenvalue weighted by atomic mass is 10.1. The number of aliphatic imine (C=N–C) groups is 1. The molecule has 1 aliphatic rings. The van der Waals surface area contributed by atoms with Gasteiger partial charge in [-0.1, -0.05) is 0 Å². The van der Waals surface area contributed by atoms with Crippen molar-refractivity contribution in [3.8, 4) is 0 Å². The third-order valence-electron chi connectivity index (χ3n) is 4.00. The number of rotatable bonds is 3. The number of fused-ring (bicyclic) bond motifs is 1. The van der Waals surface area contributed by atoms with Gasteiger partial charge in [0.05, 0.1) is 18.3 Å². The van der Waals surface area contributed by atoms with Gasteiger partial charge in [-0.3, -0.25) is 4.99 Å². The van der Waals surface area contributed by atoms with Crippen molar-refractivity contribution >= 4 is 33.6 Å². The molecule has 27 heavy (non-hydrogen) atoms. The van der Waals surface area contributed by atoms with Gasteiger partial charge in [0.25, 0.3) is 0 Å². The highest BCUT2D eigenvalue weighted by Crippen LogP contribution is 2.15. The summed E-state index contributed by atoms with van der Waals surface area (Å²) in [7, 11) is 1.72. The minimum atomic E-state index is -0.475. The molecule has 8 nitrogen and oxygen atoms in total. The van der Waals surface area contributed by atoms with Gasteiger partial charge >= 0.3 is 6.09 Å². The van der Waals surface area contributed by atoms with Crippen molar-refractivity contribution in [3.63, 3.8) is 0 Å². The molecule has 2 aromatic heterocycles. The number of nitrogens with one attached hydrogen (secondary N) is 2. The van der Waals surface area contributed by atoms with Crippen LogP contribution >= 0.6 is 15.9 Å². The lowest BCUT2D eigenvalue weighted by Gasteiger charge is -2.40. The number of imidazole rings is 1. The number of halogens is 1. The van der Waals surface area contributed by atoms with Gasteiger partial charge in [-0.2, -0.15) is 0 Å². The van der Waals surface area contributed by atoms with Crippen molar-refractivity contribution < 1.29 is 9.53 Å². The number of likely N-dealkylation sites (tertiary alicyclic amines) is 1. The highest BCUT2D eigenvalue weighted by Gasteiger charge is 2.34. The van der Waals surface area contributed by atoms with Gasteiger partial charge in [-0.25, -0.2) is 9.78 Å². The molecule has 3 rings (SSSR count). The zero-order valence-electron chi connectivity index (χ0n) is 16.0. The Labute approximate surface area is 167 Å². The first-order chi connectivity index (χ1) is 12.7. The first-order valence-electron chi connectivity index (χ1n) is 8.82. The van der Waals surface area contributed by atoms with E-state index in [1.165, 1.54) is 0 Å². The number of carbonyl (C=O) groups excluding carboxylic acids is 1. The van der Waals surface area contributed by atoms with Crippen molar-refractivity contribution in [3.05, 3.63) is 34.7 Å².